The molecule has 4 rings (SSSR count). The lowest BCUT2D eigenvalue weighted by atomic mass is 10.1. The predicted molar refractivity (Wildman–Crippen MR) is 140 cm³/mol. The van der Waals surface area contributed by atoms with Crippen LogP contribution in [0.4, 0.5) is 11.4 Å². The van der Waals surface area contributed by atoms with Gasteiger partial charge in [0.15, 0.2) is 11.7 Å². The zero-order chi connectivity index (χ0) is 24.9. The number of rotatable bonds is 6. The fraction of sp³-hybridized carbons (Fsp3) is 0.0400. The lowest BCUT2D eigenvalue weighted by Gasteiger charge is -2.29. The van der Waals surface area contributed by atoms with Gasteiger partial charge in [-0.15, -0.1) is 0 Å². The lowest BCUT2D eigenvalue weighted by Crippen LogP contribution is -2.54. The molecule has 0 radical (unpaired) electrons. The molecule has 35 heavy (non-hydrogen) atoms. The zero-order valence-corrected chi connectivity index (χ0v) is 20.3. The van der Waals surface area contributed by atoms with Crippen LogP contribution in [0.3, 0.4) is 0 Å². The van der Waals surface area contributed by atoms with Gasteiger partial charge in [0, 0.05) is 21.3 Å². The molecule has 1 fully saturated rings. The van der Waals surface area contributed by atoms with Crippen LogP contribution in [0.1, 0.15) is 5.56 Å². The van der Waals surface area contributed by atoms with Crippen molar-refractivity contribution in [1.82, 2.24) is 5.32 Å². The molecular weight excluding hydrogens is 509 g/mol. The normalized spacial score (nSPS) is 14.6. The van der Waals surface area contributed by atoms with Gasteiger partial charge < -0.3 is 10.1 Å². The topological polar surface area (TPSA) is 87.7 Å². The molecular formula is C25H17Cl2N3O4S. The molecule has 0 spiro atoms. The molecule has 1 aliphatic rings. The molecule has 1 heterocycles. The fourth-order valence-corrected chi connectivity index (χ4v) is 3.85. The highest BCUT2D eigenvalue weighted by molar-refractivity contribution is 7.80. The summed E-state index contributed by atoms with van der Waals surface area (Å²) in [5, 5.41) is 6.10. The van der Waals surface area contributed by atoms with E-state index in [4.69, 9.17) is 40.2 Å². The van der Waals surface area contributed by atoms with Crippen molar-refractivity contribution in [1.29, 1.82) is 0 Å². The number of hydrogen-bond acceptors (Lipinski definition) is 5. The molecule has 0 aliphatic carbocycles. The van der Waals surface area contributed by atoms with Crippen LogP contribution in [0, 0.1) is 0 Å². The minimum atomic E-state index is -0.654. The van der Waals surface area contributed by atoms with Crippen LogP contribution in [-0.4, -0.2) is 29.4 Å². The second kappa shape index (κ2) is 10.7. The molecule has 3 amide bonds. The van der Waals surface area contributed by atoms with E-state index in [0.29, 0.717) is 27.0 Å². The van der Waals surface area contributed by atoms with Gasteiger partial charge in [-0.25, -0.2) is 0 Å². The molecule has 0 bridgehead atoms. The summed E-state index contributed by atoms with van der Waals surface area (Å²) in [6.45, 7) is -0.319. The standard InChI is InChI=1S/C25H17Cl2N3O4S/c26-16-6-9-18(10-7-16)28-22(31)14-34-21-11-8-17(27)12-15(21)13-20-23(32)29-25(35)30(24(20)33)19-4-2-1-3-5-19/h1-13H,14H2,(H,28,31)(H,29,32,35)/b20-13-. The van der Waals surface area contributed by atoms with Crippen molar-refractivity contribution in [3.8, 4) is 5.75 Å². The van der Waals surface area contributed by atoms with E-state index in [2.05, 4.69) is 10.6 Å². The maximum Gasteiger partial charge on any atom is 0.270 e. The van der Waals surface area contributed by atoms with Crippen molar-refractivity contribution in [3.05, 3.63) is 94.0 Å². The van der Waals surface area contributed by atoms with Crippen LogP contribution in [0.2, 0.25) is 10.0 Å². The van der Waals surface area contributed by atoms with E-state index in [1.807, 2.05) is 0 Å². The molecule has 0 unspecified atom stereocenters. The van der Waals surface area contributed by atoms with Crippen LogP contribution < -0.4 is 20.3 Å². The van der Waals surface area contributed by atoms with E-state index in [1.54, 1.807) is 66.7 Å². The molecule has 0 saturated carbocycles. The van der Waals surface area contributed by atoms with Crippen molar-refractivity contribution >= 4 is 75.7 Å². The number of para-hydroxylation sites is 1. The Balaban J connectivity index is 1.57. The third-order valence-corrected chi connectivity index (χ3v) is 5.65. The smallest absolute Gasteiger partial charge is 0.270 e. The Bertz CT molecular complexity index is 1340. The van der Waals surface area contributed by atoms with Gasteiger partial charge in [-0.3, -0.25) is 24.6 Å². The third-order valence-electron chi connectivity index (χ3n) is 4.87. The number of nitrogens with one attached hydrogen (secondary N) is 2. The van der Waals surface area contributed by atoms with E-state index in [1.165, 1.54) is 17.0 Å². The van der Waals surface area contributed by atoms with Gasteiger partial charge >= 0.3 is 0 Å². The number of anilines is 2. The summed E-state index contributed by atoms with van der Waals surface area (Å²) < 4.78 is 5.67. The summed E-state index contributed by atoms with van der Waals surface area (Å²) in [5.74, 6) is -1.41. The van der Waals surface area contributed by atoms with E-state index < -0.39 is 17.7 Å². The van der Waals surface area contributed by atoms with Gasteiger partial charge in [0.2, 0.25) is 0 Å². The number of carbonyl (C=O) groups excluding carboxylic acids is 3. The van der Waals surface area contributed by atoms with Crippen molar-refractivity contribution in [3.63, 3.8) is 0 Å². The average molecular weight is 526 g/mol. The highest BCUT2D eigenvalue weighted by atomic mass is 35.5. The fourth-order valence-electron chi connectivity index (χ4n) is 3.26. The Morgan fingerprint density at radius 1 is 1.00 bits per heavy atom. The Labute approximate surface area is 216 Å². The number of ether oxygens (including phenoxy) is 1. The van der Waals surface area contributed by atoms with Crippen molar-refractivity contribution in [2.75, 3.05) is 16.8 Å². The summed E-state index contributed by atoms with van der Waals surface area (Å²) in [7, 11) is 0. The third kappa shape index (κ3) is 5.86. The van der Waals surface area contributed by atoms with Gasteiger partial charge in [-0.05, 0) is 72.9 Å². The molecule has 2 N–H and O–H groups in total. The highest BCUT2D eigenvalue weighted by Gasteiger charge is 2.34. The van der Waals surface area contributed by atoms with Crippen LogP contribution >= 0.6 is 35.4 Å². The molecule has 176 valence electrons. The molecule has 10 heteroatoms. The number of carbonyl (C=O) groups is 3. The second-order valence-corrected chi connectivity index (χ2v) is 8.58. The Kier molecular flexibility index (Phi) is 7.45. The number of nitrogens with zero attached hydrogens (tertiary/aromatic N) is 1. The SMILES string of the molecule is O=C(COc1ccc(Cl)cc1/C=C1/C(=O)NC(=S)N(c2ccccc2)C1=O)Nc1ccc(Cl)cc1. The summed E-state index contributed by atoms with van der Waals surface area (Å²) >= 11 is 17.2. The van der Waals surface area contributed by atoms with Gasteiger partial charge in [-0.2, -0.15) is 0 Å². The van der Waals surface area contributed by atoms with E-state index in [9.17, 15) is 14.4 Å². The first-order chi connectivity index (χ1) is 16.8. The second-order valence-electron chi connectivity index (χ2n) is 7.32. The molecule has 3 aromatic carbocycles. The molecule has 0 aromatic heterocycles. The Morgan fingerprint density at radius 2 is 1.69 bits per heavy atom. The number of hydrogen-bond donors (Lipinski definition) is 2. The van der Waals surface area contributed by atoms with E-state index >= 15 is 0 Å². The van der Waals surface area contributed by atoms with Crippen molar-refractivity contribution < 1.29 is 19.1 Å². The van der Waals surface area contributed by atoms with Gasteiger partial charge in [-0.1, -0.05) is 41.4 Å². The first-order valence-corrected chi connectivity index (χ1v) is 11.4. The lowest BCUT2D eigenvalue weighted by molar-refractivity contribution is -0.122. The Hall–Kier alpha value is -3.72. The maximum atomic E-state index is 13.2. The maximum absolute atomic E-state index is 13.2. The number of benzene rings is 3. The monoisotopic (exact) mass is 525 g/mol. The van der Waals surface area contributed by atoms with Crippen LogP contribution in [-0.2, 0) is 14.4 Å². The molecule has 7 nitrogen and oxygen atoms in total. The quantitative estimate of drug-likeness (QED) is 0.273. The van der Waals surface area contributed by atoms with Gasteiger partial charge in [0.05, 0.1) is 5.69 Å². The van der Waals surface area contributed by atoms with Crippen LogP contribution in [0.5, 0.6) is 5.75 Å². The first-order valence-electron chi connectivity index (χ1n) is 10.3. The highest BCUT2D eigenvalue weighted by Crippen LogP contribution is 2.28. The minimum absolute atomic E-state index is 0.0233. The average Bonchev–Trinajstić information content (AvgIpc) is 2.83. The zero-order valence-electron chi connectivity index (χ0n) is 18.0. The predicted octanol–water partition coefficient (Wildman–Crippen LogP) is 4.84. The summed E-state index contributed by atoms with van der Waals surface area (Å²) in [6, 6.07) is 20.0. The number of thiocarbonyl (C=S) groups is 1. The molecule has 3 aromatic rings. The van der Waals surface area contributed by atoms with Crippen molar-refractivity contribution in [2.24, 2.45) is 0 Å². The number of amides is 3. The van der Waals surface area contributed by atoms with Crippen LogP contribution in [0.15, 0.2) is 78.4 Å². The molecule has 0 atom stereocenters. The first kappa shape index (κ1) is 24.4. The van der Waals surface area contributed by atoms with Gasteiger partial charge in [0.1, 0.15) is 11.3 Å². The Morgan fingerprint density at radius 3 is 2.40 bits per heavy atom. The summed E-state index contributed by atoms with van der Waals surface area (Å²) in [5.41, 5.74) is 1.24. The molecule has 1 aliphatic heterocycles. The summed E-state index contributed by atoms with van der Waals surface area (Å²) in [4.78, 5) is 39.4. The summed E-state index contributed by atoms with van der Waals surface area (Å²) in [6.07, 6.45) is 1.35. The van der Waals surface area contributed by atoms with Gasteiger partial charge in [0.25, 0.3) is 17.7 Å². The van der Waals surface area contributed by atoms with E-state index in [-0.39, 0.29) is 23.0 Å². The largest absolute Gasteiger partial charge is 0.483 e. The van der Waals surface area contributed by atoms with E-state index in [0.717, 1.165) is 0 Å². The van der Waals surface area contributed by atoms with Crippen molar-refractivity contribution in [2.45, 2.75) is 0 Å². The minimum Gasteiger partial charge on any atom is -0.483 e. The number of halogens is 2. The van der Waals surface area contributed by atoms with Crippen LogP contribution in [0.25, 0.3) is 6.08 Å². The molecule has 1 saturated heterocycles.